The third-order valence-electron chi connectivity index (χ3n) is 2.13. The Bertz CT molecular complexity index is 156. The Kier molecular flexibility index (Phi) is 7.42. The van der Waals surface area contributed by atoms with Crippen LogP contribution in [0, 0.1) is 0 Å². The molecule has 84 valence electrons. The smallest absolute Gasteiger partial charge is 0.216 e. The maximum atomic E-state index is 10.6. The molecule has 4 heteroatoms. The molecule has 0 aromatic heterocycles. The summed E-state index contributed by atoms with van der Waals surface area (Å²) in [5.74, 6) is 0.0574. The lowest BCUT2D eigenvalue weighted by molar-refractivity contribution is -0.118. The van der Waals surface area contributed by atoms with E-state index in [1.807, 2.05) is 0 Å². The summed E-state index contributed by atoms with van der Waals surface area (Å²) in [6.45, 7) is 7.14. The third-order valence-corrected chi connectivity index (χ3v) is 2.13. The Hall–Kier alpha value is -0.610. The van der Waals surface area contributed by atoms with Crippen LogP contribution in [0.2, 0.25) is 0 Å². The lowest BCUT2D eigenvalue weighted by Gasteiger charge is -2.26. The summed E-state index contributed by atoms with van der Waals surface area (Å²) in [6, 6.07) is 0. The van der Waals surface area contributed by atoms with E-state index in [2.05, 4.69) is 10.2 Å². The molecule has 0 aliphatic carbocycles. The topological polar surface area (TPSA) is 41.6 Å². The molecule has 0 unspecified atom stereocenters. The zero-order valence-corrected chi connectivity index (χ0v) is 8.21. The van der Waals surface area contributed by atoms with E-state index in [0.29, 0.717) is 0 Å². The lowest BCUT2D eigenvalue weighted by atomic mass is 10.3. The molecule has 1 rings (SSSR count). The fourth-order valence-corrected chi connectivity index (χ4v) is 1.39. The number of morpholine rings is 1. The van der Waals surface area contributed by atoms with Crippen LogP contribution in [0.4, 0.5) is 0 Å². The van der Waals surface area contributed by atoms with E-state index in [1.54, 1.807) is 6.92 Å². The van der Waals surface area contributed by atoms with Gasteiger partial charge < -0.3 is 10.1 Å². The Morgan fingerprint density at radius 1 is 1.43 bits per heavy atom. The Labute approximate surface area is 86.6 Å². The first-order valence-electron chi connectivity index (χ1n) is 4.83. The van der Waals surface area contributed by atoms with Crippen molar-refractivity contribution >= 4 is 5.91 Å². The summed E-state index contributed by atoms with van der Waals surface area (Å²) < 4.78 is 5.23. The van der Waals surface area contributed by atoms with E-state index in [-0.39, 0.29) is 13.3 Å². The Morgan fingerprint density at radius 3 is 2.64 bits per heavy atom. The molecule has 1 saturated heterocycles. The first kappa shape index (κ1) is 13.4. The molecule has 14 heavy (non-hydrogen) atoms. The van der Waals surface area contributed by atoms with Crippen molar-refractivity contribution in [1.82, 2.24) is 10.2 Å². The summed E-state index contributed by atoms with van der Waals surface area (Å²) in [6.07, 6.45) is 1.03. The van der Waals surface area contributed by atoms with Crippen LogP contribution in [-0.4, -0.2) is 50.2 Å². The highest BCUT2D eigenvalue weighted by molar-refractivity contribution is 5.72. The Balaban J connectivity index is 0.00000169. The summed E-state index contributed by atoms with van der Waals surface area (Å²) in [4.78, 5) is 12.9. The van der Waals surface area contributed by atoms with Gasteiger partial charge in [0.25, 0.3) is 0 Å². The van der Waals surface area contributed by atoms with E-state index < -0.39 is 0 Å². The number of hydrogen-bond acceptors (Lipinski definition) is 3. The van der Waals surface area contributed by atoms with Crippen LogP contribution in [0.1, 0.15) is 20.8 Å². The first-order chi connectivity index (χ1) is 6.29. The molecule has 4 nitrogen and oxygen atoms in total. The van der Waals surface area contributed by atoms with E-state index in [9.17, 15) is 4.79 Å². The van der Waals surface area contributed by atoms with Crippen molar-refractivity contribution in [2.45, 2.75) is 20.8 Å². The molecule has 1 N–H and O–H groups in total. The predicted molar refractivity (Wildman–Crippen MR) is 57.3 cm³/mol. The molecule has 0 aromatic rings. The van der Waals surface area contributed by atoms with Gasteiger partial charge in [0.05, 0.1) is 13.2 Å². The van der Waals surface area contributed by atoms with Gasteiger partial charge in [-0.05, 0) is 13.0 Å². The van der Waals surface area contributed by atoms with Gasteiger partial charge in [-0.15, -0.1) is 0 Å². The van der Waals surface area contributed by atoms with E-state index >= 15 is 0 Å². The summed E-state index contributed by atoms with van der Waals surface area (Å²) >= 11 is 0. The quantitative estimate of drug-likeness (QED) is 0.674. The monoisotopic (exact) mass is 202 g/mol. The van der Waals surface area contributed by atoms with Gasteiger partial charge in [-0.3, -0.25) is 9.69 Å². The van der Waals surface area contributed by atoms with Crippen LogP contribution >= 0.6 is 0 Å². The second-order valence-corrected chi connectivity index (χ2v) is 3.29. The van der Waals surface area contributed by atoms with Crippen LogP contribution in [0.25, 0.3) is 0 Å². The Morgan fingerprint density at radius 2 is 2.07 bits per heavy atom. The maximum absolute atomic E-state index is 10.6. The normalized spacial score (nSPS) is 17.2. The van der Waals surface area contributed by atoms with Crippen molar-refractivity contribution in [2.24, 2.45) is 0 Å². The molecule has 0 bridgehead atoms. The molecule has 1 fully saturated rings. The van der Waals surface area contributed by atoms with Gasteiger partial charge in [0, 0.05) is 26.6 Å². The second kappa shape index (κ2) is 7.76. The van der Waals surface area contributed by atoms with Crippen LogP contribution < -0.4 is 5.32 Å². The summed E-state index contributed by atoms with van der Waals surface area (Å²) in [5.41, 5.74) is 0. The lowest BCUT2D eigenvalue weighted by Crippen LogP contribution is -2.38. The van der Waals surface area contributed by atoms with E-state index in [4.69, 9.17) is 4.74 Å². The van der Waals surface area contributed by atoms with Gasteiger partial charge in [0.1, 0.15) is 0 Å². The van der Waals surface area contributed by atoms with Crippen LogP contribution in [0.3, 0.4) is 0 Å². The largest absolute Gasteiger partial charge is 0.379 e. The molecule has 0 aromatic carbocycles. The van der Waals surface area contributed by atoms with Crippen molar-refractivity contribution < 1.29 is 9.53 Å². The van der Waals surface area contributed by atoms with Gasteiger partial charge in [0.2, 0.25) is 5.91 Å². The number of ether oxygens (including phenoxy) is 1. The molecule has 0 saturated carbocycles. The summed E-state index contributed by atoms with van der Waals surface area (Å²) in [7, 11) is 0. The van der Waals surface area contributed by atoms with Crippen LogP contribution in [0.15, 0.2) is 0 Å². The highest BCUT2D eigenvalue weighted by atomic mass is 16.5. The molecule has 0 radical (unpaired) electrons. The van der Waals surface area contributed by atoms with Crippen molar-refractivity contribution in [1.29, 1.82) is 0 Å². The number of rotatable bonds is 4. The van der Waals surface area contributed by atoms with Crippen LogP contribution in [0.5, 0.6) is 0 Å². The van der Waals surface area contributed by atoms with Gasteiger partial charge in [-0.2, -0.15) is 0 Å². The van der Waals surface area contributed by atoms with Crippen molar-refractivity contribution in [2.75, 3.05) is 39.4 Å². The number of nitrogens with zero attached hydrogens (tertiary/aromatic N) is 1. The summed E-state index contributed by atoms with van der Waals surface area (Å²) in [5, 5.41) is 2.79. The molecule has 1 amide bonds. The molecular weight excluding hydrogens is 180 g/mol. The standard InChI is InChI=1S/C9H18N2O2.CH4/c1-9(12)10-3-2-4-11-5-7-13-8-6-11;/h2-8H2,1H3,(H,10,12);1H4. The fourth-order valence-electron chi connectivity index (χ4n) is 1.39. The SMILES string of the molecule is C.CC(=O)NCCCN1CCOCC1. The second-order valence-electron chi connectivity index (χ2n) is 3.29. The molecule has 0 spiro atoms. The minimum Gasteiger partial charge on any atom is -0.379 e. The highest BCUT2D eigenvalue weighted by Gasteiger charge is 2.08. The van der Waals surface area contributed by atoms with Crippen molar-refractivity contribution in [3.8, 4) is 0 Å². The first-order valence-corrected chi connectivity index (χ1v) is 4.83. The zero-order valence-electron chi connectivity index (χ0n) is 8.21. The number of carbonyl (C=O) groups excluding carboxylic acids is 1. The molecule has 1 heterocycles. The van der Waals surface area contributed by atoms with E-state index in [0.717, 1.165) is 45.8 Å². The van der Waals surface area contributed by atoms with Gasteiger partial charge >= 0.3 is 0 Å². The van der Waals surface area contributed by atoms with Crippen molar-refractivity contribution in [3.63, 3.8) is 0 Å². The molecule has 1 aliphatic heterocycles. The fraction of sp³-hybridized carbons (Fsp3) is 0.900. The maximum Gasteiger partial charge on any atom is 0.216 e. The predicted octanol–water partition coefficient (Wildman–Crippen LogP) is 0.481. The number of nitrogens with one attached hydrogen (secondary N) is 1. The highest BCUT2D eigenvalue weighted by Crippen LogP contribution is 1.96. The molecular formula is C10H22N2O2. The minimum atomic E-state index is 0. The van der Waals surface area contributed by atoms with Crippen molar-refractivity contribution in [3.05, 3.63) is 0 Å². The number of carbonyl (C=O) groups is 1. The average Bonchev–Trinajstić information content (AvgIpc) is 2.14. The molecule has 0 atom stereocenters. The zero-order chi connectivity index (χ0) is 9.52. The van der Waals surface area contributed by atoms with Gasteiger partial charge in [-0.1, -0.05) is 7.43 Å². The number of hydrogen-bond donors (Lipinski definition) is 1. The third kappa shape index (κ3) is 5.94. The van der Waals surface area contributed by atoms with Crippen LogP contribution in [-0.2, 0) is 9.53 Å². The molecule has 1 aliphatic rings. The average molecular weight is 202 g/mol. The van der Waals surface area contributed by atoms with E-state index in [1.165, 1.54) is 0 Å². The van der Waals surface area contributed by atoms with Gasteiger partial charge in [-0.25, -0.2) is 0 Å². The van der Waals surface area contributed by atoms with Gasteiger partial charge in [0.15, 0.2) is 0 Å². The number of amides is 1. The minimum absolute atomic E-state index is 0.